The van der Waals surface area contributed by atoms with Gasteiger partial charge in [0.1, 0.15) is 11.9 Å². The highest BCUT2D eigenvalue weighted by molar-refractivity contribution is 5.96. The van der Waals surface area contributed by atoms with E-state index in [9.17, 15) is 32.3 Å². The molecule has 0 aliphatic heterocycles. The zero-order valence-electron chi connectivity index (χ0n) is 22.3. The molecule has 8 nitrogen and oxygen atoms in total. The summed E-state index contributed by atoms with van der Waals surface area (Å²) in [5, 5.41) is 11.1. The maximum atomic E-state index is 14.5. The zero-order chi connectivity index (χ0) is 30.1. The van der Waals surface area contributed by atoms with E-state index in [1.165, 1.54) is 50.4 Å². The SMILES string of the molecule is COc1cc(C(=O)CCC(O)(c2cc(C(N)C(N)=O)cc(-c3ccc(F)c(C)c3)n2)C(F)(F)F)ccc1OC1CC1. The summed E-state index contributed by atoms with van der Waals surface area (Å²) in [6.07, 6.45) is -5.26. The molecule has 1 amide bonds. The van der Waals surface area contributed by atoms with Gasteiger partial charge in [0.15, 0.2) is 17.3 Å². The van der Waals surface area contributed by atoms with Crippen LogP contribution >= 0.6 is 0 Å². The third-order valence-electron chi connectivity index (χ3n) is 6.88. The number of benzene rings is 2. The predicted molar refractivity (Wildman–Crippen MR) is 141 cm³/mol. The van der Waals surface area contributed by atoms with Gasteiger partial charge in [-0.1, -0.05) is 0 Å². The fourth-order valence-electron chi connectivity index (χ4n) is 4.22. The molecule has 1 heterocycles. The second-order valence-corrected chi connectivity index (χ2v) is 9.98. The van der Waals surface area contributed by atoms with E-state index >= 15 is 0 Å². The number of primary amides is 1. The third kappa shape index (κ3) is 6.49. The van der Waals surface area contributed by atoms with Crippen molar-refractivity contribution in [2.24, 2.45) is 11.5 Å². The van der Waals surface area contributed by atoms with Gasteiger partial charge in [-0.25, -0.2) is 9.37 Å². The van der Waals surface area contributed by atoms with Crippen LogP contribution in [-0.2, 0) is 10.4 Å². The van der Waals surface area contributed by atoms with Crippen molar-refractivity contribution in [3.8, 4) is 22.8 Å². The minimum atomic E-state index is -5.29. The molecule has 2 unspecified atom stereocenters. The second kappa shape index (κ2) is 11.5. The fourth-order valence-corrected chi connectivity index (χ4v) is 4.22. The van der Waals surface area contributed by atoms with Crippen LogP contribution in [0.5, 0.6) is 11.5 Å². The molecule has 1 saturated carbocycles. The molecule has 4 rings (SSSR count). The first kappa shape index (κ1) is 29.9. The highest BCUT2D eigenvalue weighted by atomic mass is 19.4. The molecule has 218 valence electrons. The highest BCUT2D eigenvalue weighted by Crippen LogP contribution is 2.43. The molecule has 0 radical (unpaired) electrons. The number of carbonyl (C=O) groups is 2. The van der Waals surface area contributed by atoms with E-state index in [0.717, 1.165) is 25.0 Å². The van der Waals surface area contributed by atoms with Crippen LogP contribution in [0.15, 0.2) is 48.5 Å². The number of Topliss-reactive ketones (excluding diaryl/α,β-unsaturated/α-hetero) is 1. The van der Waals surface area contributed by atoms with Crippen LogP contribution in [0.25, 0.3) is 11.3 Å². The number of alkyl halides is 3. The van der Waals surface area contributed by atoms with Crippen LogP contribution in [0.1, 0.15) is 58.9 Å². The molecular formula is C29H29F4N3O5. The fraction of sp³-hybridized carbons (Fsp3) is 0.345. The monoisotopic (exact) mass is 575 g/mol. The molecule has 1 aliphatic rings. The van der Waals surface area contributed by atoms with Crippen molar-refractivity contribution in [1.29, 1.82) is 0 Å². The number of aryl methyl sites for hydroxylation is 1. The van der Waals surface area contributed by atoms with Crippen molar-refractivity contribution >= 4 is 11.7 Å². The van der Waals surface area contributed by atoms with Gasteiger partial charge in [0.05, 0.1) is 24.6 Å². The summed E-state index contributed by atoms with van der Waals surface area (Å²) in [6.45, 7) is 1.45. The Kier molecular flexibility index (Phi) is 8.36. The number of nitrogens with two attached hydrogens (primary N) is 2. The number of aromatic nitrogens is 1. The van der Waals surface area contributed by atoms with Gasteiger partial charge in [0, 0.05) is 17.5 Å². The van der Waals surface area contributed by atoms with Gasteiger partial charge in [0.2, 0.25) is 11.5 Å². The van der Waals surface area contributed by atoms with E-state index in [4.69, 9.17) is 20.9 Å². The average Bonchev–Trinajstić information content (AvgIpc) is 3.75. The smallest absolute Gasteiger partial charge is 0.422 e. The lowest BCUT2D eigenvalue weighted by atomic mass is 9.88. The molecule has 0 spiro atoms. The summed E-state index contributed by atoms with van der Waals surface area (Å²) in [6, 6.07) is 8.58. The topological polar surface area (TPSA) is 138 Å². The first-order valence-electron chi connectivity index (χ1n) is 12.7. The molecular weight excluding hydrogens is 546 g/mol. The molecule has 3 aromatic rings. The van der Waals surface area contributed by atoms with Crippen molar-refractivity contribution in [3.05, 3.63) is 76.7 Å². The number of hydrogen-bond acceptors (Lipinski definition) is 7. The van der Waals surface area contributed by atoms with Crippen LogP contribution < -0.4 is 20.9 Å². The van der Waals surface area contributed by atoms with Gasteiger partial charge >= 0.3 is 6.18 Å². The minimum absolute atomic E-state index is 0.0573. The largest absolute Gasteiger partial charge is 0.493 e. The molecule has 0 saturated heterocycles. The Morgan fingerprint density at radius 2 is 1.80 bits per heavy atom. The third-order valence-corrected chi connectivity index (χ3v) is 6.88. The average molecular weight is 576 g/mol. The lowest BCUT2D eigenvalue weighted by Crippen LogP contribution is -2.43. The van der Waals surface area contributed by atoms with Crippen molar-refractivity contribution < 1.29 is 41.7 Å². The van der Waals surface area contributed by atoms with Crippen LogP contribution in [-0.4, -0.2) is 41.2 Å². The van der Waals surface area contributed by atoms with E-state index in [1.807, 2.05) is 0 Å². The number of nitrogens with zero attached hydrogens (tertiary/aromatic N) is 1. The molecule has 41 heavy (non-hydrogen) atoms. The number of methoxy groups -OCH3 is 1. The number of carbonyl (C=O) groups excluding carboxylic acids is 2. The normalized spacial score (nSPS) is 15.6. The molecule has 5 N–H and O–H groups in total. The first-order chi connectivity index (χ1) is 19.2. The Morgan fingerprint density at radius 3 is 2.39 bits per heavy atom. The highest BCUT2D eigenvalue weighted by Gasteiger charge is 2.56. The number of halogens is 4. The molecule has 1 fully saturated rings. The number of ether oxygens (including phenoxy) is 2. The maximum Gasteiger partial charge on any atom is 0.422 e. The molecule has 1 aliphatic carbocycles. The predicted octanol–water partition coefficient (Wildman–Crippen LogP) is 4.64. The maximum absolute atomic E-state index is 14.5. The Bertz CT molecular complexity index is 1480. The number of hydrogen-bond donors (Lipinski definition) is 3. The van der Waals surface area contributed by atoms with Crippen LogP contribution in [0.4, 0.5) is 17.6 Å². The molecule has 12 heteroatoms. The number of amides is 1. The summed E-state index contributed by atoms with van der Waals surface area (Å²) in [4.78, 5) is 28.8. The van der Waals surface area contributed by atoms with Crippen molar-refractivity contribution in [3.63, 3.8) is 0 Å². The van der Waals surface area contributed by atoms with Gasteiger partial charge < -0.3 is 26.0 Å². The molecule has 1 aromatic heterocycles. The van der Waals surface area contributed by atoms with E-state index in [1.54, 1.807) is 0 Å². The summed E-state index contributed by atoms with van der Waals surface area (Å²) in [5.41, 5.74) is 6.82. The van der Waals surface area contributed by atoms with Crippen molar-refractivity contribution in [1.82, 2.24) is 4.98 Å². The number of ketones is 1. The minimum Gasteiger partial charge on any atom is -0.493 e. The first-order valence-corrected chi connectivity index (χ1v) is 12.7. The lowest BCUT2D eigenvalue weighted by Gasteiger charge is -2.31. The lowest BCUT2D eigenvalue weighted by molar-refractivity contribution is -0.270. The van der Waals surface area contributed by atoms with Crippen molar-refractivity contribution in [2.45, 2.75) is 56.5 Å². The molecule has 2 atom stereocenters. The van der Waals surface area contributed by atoms with Gasteiger partial charge in [0.25, 0.3) is 0 Å². The summed E-state index contributed by atoms with van der Waals surface area (Å²) in [5.74, 6) is -1.61. The number of rotatable bonds is 11. The van der Waals surface area contributed by atoms with Gasteiger partial charge in [-0.3, -0.25) is 9.59 Å². The standard InChI is InChI=1S/C29H29F4N3O5/c1-15-11-16(3-7-20(15)30)21-12-18(26(34)27(35)38)14-25(36-21)28(39,29(31,32)33)10-9-22(37)17-4-8-23(24(13-17)40-2)41-19-5-6-19/h3-4,7-8,11-14,19,26,39H,5-6,9-10,34H2,1-2H3,(H2,35,38). The van der Waals surface area contributed by atoms with E-state index in [0.29, 0.717) is 5.75 Å². The van der Waals surface area contributed by atoms with Crippen molar-refractivity contribution in [2.75, 3.05) is 7.11 Å². The van der Waals surface area contributed by atoms with Gasteiger partial charge in [-0.15, -0.1) is 0 Å². The van der Waals surface area contributed by atoms with Crippen LogP contribution in [0, 0.1) is 12.7 Å². The molecule has 2 aromatic carbocycles. The summed E-state index contributed by atoms with van der Waals surface area (Å²) < 4.78 is 68.3. The van der Waals surface area contributed by atoms with Gasteiger partial charge in [-0.05, 0) is 85.8 Å². The van der Waals surface area contributed by atoms with E-state index in [-0.39, 0.29) is 39.8 Å². The Hall–Kier alpha value is -4.03. The number of aliphatic hydroxyl groups is 1. The Labute approximate surface area is 233 Å². The van der Waals surface area contributed by atoms with Gasteiger partial charge in [-0.2, -0.15) is 13.2 Å². The van der Waals surface area contributed by atoms with E-state index < -0.39 is 53.9 Å². The van der Waals surface area contributed by atoms with Crippen LogP contribution in [0.2, 0.25) is 0 Å². The molecule has 0 bridgehead atoms. The Balaban J connectivity index is 1.70. The second-order valence-electron chi connectivity index (χ2n) is 9.98. The zero-order valence-corrected chi connectivity index (χ0v) is 22.3. The summed E-state index contributed by atoms with van der Waals surface area (Å²) in [7, 11) is 1.38. The quantitative estimate of drug-likeness (QED) is 0.224. The van der Waals surface area contributed by atoms with Crippen LogP contribution in [0.3, 0.4) is 0 Å². The van der Waals surface area contributed by atoms with E-state index in [2.05, 4.69) is 4.98 Å². The Morgan fingerprint density at radius 1 is 1.10 bits per heavy atom. The number of pyridine rings is 1. The summed E-state index contributed by atoms with van der Waals surface area (Å²) >= 11 is 0.